The molecule has 4 rings (SSSR count). The molecular formula is C24H19BrN4O2S. The van der Waals surface area contributed by atoms with Gasteiger partial charge in [-0.15, -0.1) is 0 Å². The van der Waals surface area contributed by atoms with Gasteiger partial charge >= 0.3 is 6.03 Å². The Labute approximate surface area is 198 Å². The lowest BCUT2D eigenvalue weighted by Crippen LogP contribution is -2.39. The van der Waals surface area contributed by atoms with Crippen LogP contribution in [0.25, 0.3) is 22.3 Å². The van der Waals surface area contributed by atoms with Crippen molar-refractivity contribution < 1.29 is 9.59 Å². The molecule has 0 saturated carbocycles. The van der Waals surface area contributed by atoms with Gasteiger partial charge in [-0.3, -0.25) is 10.1 Å². The van der Waals surface area contributed by atoms with Crippen molar-refractivity contribution in [2.24, 2.45) is 0 Å². The van der Waals surface area contributed by atoms with E-state index >= 15 is 0 Å². The molecule has 6 nitrogen and oxygen atoms in total. The average Bonchev–Trinajstić information content (AvgIpc) is 2.83. The molecule has 1 unspecified atom stereocenters. The third kappa shape index (κ3) is 4.98. The van der Waals surface area contributed by atoms with E-state index in [0.29, 0.717) is 10.9 Å². The lowest BCUT2D eigenvalue weighted by molar-refractivity contribution is -0.119. The van der Waals surface area contributed by atoms with Crippen LogP contribution in [0.5, 0.6) is 0 Å². The van der Waals surface area contributed by atoms with Crippen molar-refractivity contribution in [2.45, 2.75) is 10.3 Å². The number of nitrogens with zero attached hydrogens (tertiary/aromatic N) is 2. The number of rotatable bonds is 5. The molecule has 4 aromatic rings. The van der Waals surface area contributed by atoms with Gasteiger partial charge in [0, 0.05) is 22.5 Å². The molecule has 0 aliphatic carbocycles. The Morgan fingerprint density at radius 2 is 1.59 bits per heavy atom. The first kappa shape index (κ1) is 22.0. The zero-order valence-electron chi connectivity index (χ0n) is 17.1. The average molecular weight is 507 g/mol. The number of hydrogen-bond donors (Lipinski definition) is 2. The minimum Gasteiger partial charge on any atom is -0.341 e. The summed E-state index contributed by atoms with van der Waals surface area (Å²) in [5.41, 5.74) is 2.42. The Hall–Kier alpha value is -3.23. The number of carbonyl (C=O) groups excluding carboxylic acids is 2. The Kier molecular flexibility index (Phi) is 6.82. The minimum absolute atomic E-state index is 0.423. The molecule has 0 aliphatic heterocycles. The van der Waals surface area contributed by atoms with E-state index in [9.17, 15) is 9.59 Å². The molecular weight excluding hydrogens is 488 g/mol. The number of para-hydroxylation sites is 1. The molecule has 0 bridgehead atoms. The maximum Gasteiger partial charge on any atom is 0.321 e. The van der Waals surface area contributed by atoms with Gasteiger partial charge < -0.3 is 5.32 Å². The highest BCUT2D eigenvalue weighted by Crippen LogP contribution is 2.38. The van der Waals surface area contributed by atoms with Gasteiger partial charge in [0.25, 0.3) is 0 Å². The fourth-order valence-electron chi connectivity index (χ4n) is 3.12. The molecule has 0 saturated heterocycles. The number of benzene rings is 3. The van der Waals surface area contributed by atoms with Crippen LogP contribution >= 0.6 is 27.7 Å². The van der Waals surface area contributed by atoms with Gasteiger partial charge in [0.2, 0.25) is 5.91 Å². The van der Waals surface area contributed by atoms with Crippen molar-refractivity contribution in [3.05, 3.63) is 88.9 Å². The standard InChI is InChI=1S/C24H19BrN4O2S/c1-26-24(31)29-22(30)20(15-7-3-2-4-8-15)32-23-18-9-5-6-10-19(18)27-21(28-23)16-11-13-17(25)14-12-16/h2-14,20H,1H3,(H2,26,29,30,31). The van der Waals surface area contributed by atoms with Gasteiger partial charge in [0.15, 0.2) is 5.82 Å². The summed E-state index contributed by atoms with van der Waals surface area (Å²) in [7, 11) is 1.47. The topological polar surface area (TPSA) is 84.0 Å². The summed E-state index contributed by atoms with van der Waals surface area (Å²) in [6, 6.07) is 24.2. The molecule has 0 aliphatic rings. The van der Waals surface area contributed by atoms with Crippen molar-refractivity contribution in [3.8, 4) is 11.4 Å². The van der Waals surface area contributed by atoms with Crippen LogP contribution in [0.4, 0.5) is 4.79 Å². The first-order valence-corrected chi connectivity index (χ1v) is 11.5. The molecule has 3 amide bonds. The molecule has 1 aromatic heterocycles. The number of urea groups is 1. The van der Waals surface area contributed by atoms with Gasteiger partial charge in [-0.2, -0.15) is 0 Å². The zero-order valence-corrected chi connectivity index (χ0v) is 19.5. The number of thioether (sulfide) groups is 1. The van der Waals surface area contributed by atoms with Gasteiger partial charge in [-0.25, -0.2) is 14.8 Å². The van der Waals surface area contributed by atoms with Gasteiger partial charge in [-0.1, -0.05) is 88.4 Å². The monoisotopic (exact) mass is 506 g/mol. The first-order valence-electron chi connectivity index (χ1n) is 9.82. The fourth-order valence-corrected chi connectivity index (χ4v) is 4.50. The molecule has 0 spiro atoms. The van der Waals surface area contributed by atoms with Crippen LogP contribution in [0.2, 0.25) is 0 Å². The molecule has 1 atom stereocenters. The zero-order chi connectivity index (χ0) is 22.5. The summed E-state index contributed by atoms with van der Waals surface area (Å²) in [6.45, 7) is 0. The van der Waals surface area contributed by atoms with Crippen LogP contribution in [0.15, 0.2) is 88.4 Å². The number of amides is 3. The van der Waals surface area contributed by atoms with Crippen molar-refractivity contribution >= 4 is 50.5 Å². The second-order valence-corrected chi connectivity index (χ2v) is 8.86. The summed E-state index contributed by atoms with van der Waals surface area (Å²) >= 11 is 4.74. The minimum atomic E-state index is -0.676. The number of carbonyl (C=O) groups is 2. The molecule has 2 N–H and O–H groups in total. The molecule has 0 radical (unpaired) electrons. The van der Waals surface area contributed by atoms with Crippen molar-refractivity contribution in [1.29, 1.82) is 0 Å². The lowest BCUT2D eigenvalue weighted by atomic mass is 10.1. The van der Waals surface area contributed by atoms with E-state index in [4.69, 9.17) is 9.97 Å². The number of nitrogens with one attached hydrogen (secondary N) is 2. The molecule has 160 valence electrons. The largest absolute Gasteiger partial charge is 0.341 e. The van der Waals surface area contributed by atoms with Gasteiger partial charge in [0.05, 0.1) is 5.52 Å². The smallest absolute Gasteiger partial charge is 0.321 e. The Morgan fingerprint density at radius 1 is 0.906 bits per heavy atom. The highest BCUT2D eigenvalue weighted by Gasteiger charge is 2.25. The number of halogens is 1. The highest BCUT2D eigenvalue weighted by molar-refractivity contribution is 9.10. The summed E-state index contributed by atoms with van der Waals surface area (Å²) < 4.78 is 0.964. The quantitative estimate of drug-likeness (QED) is 0.281. The van der Waals surface area contributed by atoms with E-state index in [2.05, 4.69) is 26.6 Å². The maximum absolute atomic E-state index is 13.0. The summed E-state index contributed by atoms with van der Waals surface area (Å²) in [5.74, 6) is 0.144. The predicted octanol–water partition coefficient (Wildman–Crippen LogP) is 5.35. The SMILES string of the molecule is CNC(=O)NC(=O)C(Sc1nc(-c2ccc(Br)cc2)nc2ccccc12)c1ccccc1. The van der Waals surface area contributed by atoms with Gasteiger partial charge in [-0.05, 0) is 23.8 Å². The predicted molar refractivity (Wildman–Crippen MR) is 130 cm³/mol. The molecule has 32 heavy (non-hydrogen) atoms. The summed E-state index contributed by atoms with van der Waals surface area (Å²) in [4.78, 5) is 34.3. The number of fused-ring (bicyclic) bond motifs is 1. The van der Waals surface area contributed by atoms with Crippen molar-refractivity contribution in [2.75, 3.05) is 7.05 Å². The Bertz CT molecular complexity index is 1270. The second kappa shape index (κ2) is 9.93. The molecule has 0 fully saturated rings. The van der Waals surface area contributed by atoms with E-state index in [-0.39, 0.29) is 0 Å². The van der Waals surface area contributed by atoms with E-state index in [1.165, 1.54) is 18.8 Å². The number of imide groups is 1. The van der Waals surface area contributed by atoms with E-state index < -0.39 is 17.2 Å². The molecule has 1 heterocycles. The molecule has 8 heteroatoms. The normalized spacial score (nSPS) is 11.7. The summed E-state index contributed by atoms with van der Waals surface area (Å²) in [5, 5.41) is 5.64. The van der Waals surface area contributed by atoms with E-state index in [1.54, 1.807) is 0 Å². The number of hydrogen-bond acceptors (Lipinski definition) is 5. The summed E-state index contributed by atoms with van der Waals surface area (Å²) in [6.07, 6.45) is 0. The van der Waals surface area contributed by atoms with E-state index in [1.807, 2.05) is 78.9 Å². The fraction of sp³-hybridized carbons (Fsp3) is 0.0833. The first-order chi connectivity index (χ1) is 15.5. The third-order valence-corrected chi connectivity index (χ3v) is 6.49. The van der Waals surface area contributed by atoms with Crippen LogP contribution in [-0.2, 0) is 4.79 Å². The maximum atomic E-state index is 13.0. The Morgan fingerprint density at radius 3 is 2.31 bits per heavy atom. The lowest BCUT2D eigenvalue weighted by Gasteiger charge is -2.17. The Balaban J connectivity index is 1.79. The van der Waals surface area contributed by atoms with Gasteiger partial charge in [0.1, 0.15) is 10.3 Å². The second-order valence-electron chi connectivity index (χ2n) is 6.85. The molecule has 3 aromatic carbocycles. The van der Waals surface area contributed by atoms with Crippen LogP contribution in [-0.4, -0.2) is 29.0 Å². The highest BCUT2D eigenvalue weighted by atomic mass is 79.9. The van der Waals surface area contributed by atoms with Crippen LogP contribution in [0.3, 0.4) is 0 Å². The van der Waals surface area contributed by atoms with Crippen molar-refractivity contribution in [1.82, 2.24) is 20.6 Å². The van der Waals surface area contributed by atoms with Crippen molar-refractivity contribution in [3.63, 3.8) is 0 Å². The third-order valence-electron chi connectivity index (χ3n) is 4.70. The van der Waals surface area contributed by atoms with Crippen LogP contribution < -0.4 is 10.6 Å². The van der Waals surface area contributed by atoms with E-state index in [0.717, 1.165) is 26.5 Å². The van der Waals surface area contributed by atoms with Crippen LogP contribution in [0, 0.1) is 0 Å². The van der Waals surface area contributed by atoms with Crippen LogP contribution in [0.1, 0.15) is 10.8 Å². The number of aromatic nitrogens is 2.